The summed E-state index contributed by atoms with van der Waals surface area (Å²) in [4.78, 5) is 17.2. The van der Waals surface area contributed by atoms with E-state index in [9.17, 15) is 4.79 Å². The zero-order valence-electron chi connectivity index (χ0n) is 14.7. The highest BCUT2D eigenvalue weighted by molar-refractivity contribution is 7.13. The molecule has 24 heavy (non-hydrogen) atoms. The molecule has 1 aromatic carbocycles. The van der Waals surface area contributed by atoms with E-state index in [1.807, 2.05) is 35.7 Å². The molecule has 1 heterocycles. The van der Waals surface area contributed by atoms with Gasteiger partial charge in [0, 0.05) is 17.0 Å². The normalized spacial score (nSPS) is 27.0. The quantitative estimate of drug-likeness (QED) is 0.835. The first-order valence-electron chi connectivity index (χ1n) is 8.82. The number of hydrogen-bond acceptors (Lipinski definition) is 3. The van der Waals surface area contributed by atoms with Crippen molar-refractivity contribution in [2.45, 2.75) is 52.5 Å². The van der Waals surface area contributed by atoms with Crippen LogP contribution in [0.25, 0.3) is 10.6 Å². The zero-order valence-corrected chi connectivity index (χ0v) is 15.5. The fourth-order valence-electron chi connectivity index (χ4n) is 3.46. The molecule has 1 N–H and O–H groups in total. The number of hydrogen-bond donors (Lipinski definition) is 1. The van der Waals surface area contributed by atoms with Crippen LogP contribution >= 0.6 is 11.3 Å². The highest BCUT2D eigenvalue weighted by Gasteiger charge is 2.35. The van der Waals surface area contributed by atoms with Crippen LogP contribution in [0, 0.1) is 11.3 Å². The number of benzene rings is 1. The number of carbonyl (C=O) groups excluding carboxylic acids is 1. The minimum atomic E-state index is -0.0364. The van der Waals surface area contributed by atoms with Crippen LogP contribution in [-0.4, -0.2) is 16.9 Å². The Hall–Kier alpha value is -1.68. The Morgan fingerprint density at radius 1 is 1.38 bits per heavy atom. The summed E-state index contributed by atoms with van der Waals surface area (Å²) >= 11 is 1.53. The van der Waals surface area contributed by atoms with Crippen LogP contribution in [0.2, 0.25) is 0 Å². The Labute approximate surface area is 148 Å². The first-order valence-corrected chi connectivity index (χ1v) is 9.70. The summed E-state index contributed by atoms with van der Waals surface area (Å²) < 4.78 is 0. The van der Waals surface area contributed by atoms with Gasteiger partial charge in [0.2, 0.25) is 0 Å². The van der Waals surface area contributed by atoms with Crippen LogP contribution in [0.3, 0.4) is 0 Å². The maximum Gasteiger partial charge on any atom is 0.271 e. The molecule has 0 aliphatic heterocycles. The summed E-state index contributed by atoms with van der Waals surface area (Å²) in [5.41, 5.74) is 1.95. The van der Waals surface area contributed by atoms with Crippen LogP contribution in [0.15, 0.2) is 35.7 Å². The largest absolute Gasteiger partial charge is 0.348 e. The monoisotopic (exact) mass is 342 g/mol. The molecule has 2 aromatic rings. The molecule has 1 aliphatic carbocycles. The van der Waals surface area contributed by atoms with Crippen molar-refractivity contribution in [1.29, 1.82) is 0 Å². The van der Waals surface area contributed by atoms with Crippen molar-refractivity contribution >= 4 is 17.2 Å². The second-order valence-electron chi connectivity index (χ2n) is 7.37. The summed E-state index contributed by atoms with van der Waals surface area (Å²) in [7, 11) is 0. The van der Waals surface area contributed by atoms with Gasteiger partial charge in [-0.1, -0.05) is 57.5 Å². The Balaban J connectivity index is 1.70. The molecule has 1 aliphatic rings. The summed E-state index contributed by atoms with van der Waals surface area (Å²) in [5, 5.41) is 6.01. The first kappa shape index (κ1) is 17.2. The molecular formula is C20H26N2OS. The van der Waals surface area contributed by atoms with E-state index in [0.29, 0.717) is 17.0 Å². The van der Waals surface area contributed by atoms with Gasteiger partial charge >= 0.3 is 0 Å². The van der Waals surface area contributed by atoms with Gasteiger partial charge < -0.3 is 5.32 Å². The Bertz CT molecular complexity index is 697. The van der Waals surface area contributed by atoms with Gasteiger partial charge in [-0.2, -0.15) is 0 Å². The highest BCUT2D eigenvalue weighted by atomic mass is 32.1. The van der Waals surface area contributed by atoms with Gasteiger partial charge in [-0.25, -0.2) is 4.98 Å². The lowest BCUT2D eigenvalue weighted by molar-refractivity contribution is 0.0827. The third-order valence-electron chi connectivity index (χ3n) is 5.53. The minimum absolute atomic E-state index is 0.0364. The standard InChI is InChI=1S/C20H26N2OS/c1-4-20(3)11-10-14(2)16(12-20)21-18(23)17-13-24-19(22-17)15-8-6-5-7-9-15/h5-9,13-14,16H,4,10-12H2,1-3H3,(H,21,23)/t14-,16?,20+/m0/s1. The maximum atomic E-state index is 12.6. The average molecular weight is 343 g/mol. The lowest BCUT2D eigenvalue weighted by Crippen LogP contribution is -2.46. The summed E-state index contributed by atoms with van der Waals surface area (Å²) in [6.45, 7) is 6.84. The molecule has 4 heteroatoms. The SMILES string of the molecule is CC[C@]1(C)CC[C@H](C)C(NC(=O)c2csc(-c3ccccc3)n2)C1. The van der Waals surface area contributed by atoms with Crippen molar-refractivity contribution < 1.29 is 4.79 Å². The van der Waals surface area contributed by atoms with E-state index in [1.54, 1.807) is 0 Å². The van der Waals surface area contributed by atoms with Gasteiger partial charge in [-0.05, 0) is 30.6 Å². The Morgan fingerprint density at radius 2 is 2.12 bits per heavy atom. The molecule has 128 valence electrons. The predicted molar refractivity (Wildman–Crippen MR) is 100 cm³/mol. The van der Waals surface area contributed by atoms with Crippen LogP contribution < -0.4 is 5.32 Å². The number of nitrogens with zero attached hydrogens (tertiary/aromatic N) is 1. The minimum Gasteiger partial charge on any atom is -0.348 e. The Morgan fingerprint density at radius 3 is 2.83 bits per heavy atom. The predicted octanol–water partition coefficient (Wildman–Crippen LogP) is 5.14. The molecule has 1 saturated carbocycles. The van der Waals surface area contributed by atoms with Crippen LogP contribution in [0.4, 0.5) is 0 Å². The van der Waals surface area contributed by atoms with Gasteiger partial charge in [0.25, 0.3) is 5.91 Å². The molecule has 3 atom stereocenters. The van der Waals surface area contributed by atoms with E-state index in [4.69, 9.17) is 0 Å². The molecular weight excluding hydrogens is 316 g/mol. The zero-order chi connectivity index (χ0) is 17.2. The fraction of sp³-hybridized carbons (Fsp3) is 0.500. The Kier molecular flexibility index (Phi) is 5.04. The second kappa shape index (κ2) is 7.06. The number of thiazole rings is 1. The third kappa shape index (κ3) is 3.69. The molecule has 1 aromatic heterocycles. The van der Waals surface area contributed by atoms with Gasteiger partial charge in [-0.15, -0.1) is 11.3 Å². The van der Waals surface area contributed by atoms with E-state index in [0.717, 1.165) is 17.0 Å². The summed E-state index contributed by atoms with van der Waals surface area (Å²) in [5.74, 6) is 0.492. The fourth-order valence-corrected chi connectivity index (χ4v) is 4.27. The van der Waals surface area contributed by atoms with Crippen LogP contribution in [0.1, 0.15) is 56.9 Å². The van der Waals surface area contributed by atoms with E-state index in [2.05, 4.69) is 31.1 Å². The number of amides is 1. The average Bonchev–Trinajstić information content (AvgIpc) is 3.09. The molecule has 1 amide bonds. The molecule has 0 radical (unpaired) electrons. The van der Waals surface area contributed by atoms with Crippen molar-refractivity contribution in [1.82, 2.24) is 10.3 Å². The van der Waals surface area contributed by atoms with E-state index in [-0.39, 0.29) is 11.9 Å². The van der Waals surface area contributed by atoms with Gasteiger partial charge in [-0.3, -0.25) is 4.79 Å². The summed E-state index contributed by atoms with van der Waals surface area (Å²) in [6.07, 6.45) is 4.67. The molecule has 0 spiro atoms. The highest BCUT2D eigenvalue weighted by Crippen LogP contribution is 2.41. The number of carbonyl (C=O) groups is 1. The van der Waals surface area contributed by atoms with Gasteiger partial charge in [0.05, 0.1) is 0 Å². The van der Waals surface area contributed by atoms with Crippen LogP contribution in [0.5, 0.6) is 0 Å². The van der Waals surface area contributed by atoms with E-state index < -0.39 is 0 Å². The van der Waals surface area contributed by atoms with E-state index >= 15 is 0 Å². The molecule has 1 fully saturated rings. The lowest BCUT2D eigenvalue weighted by atomic mass is 9.68. The molecule has 3 nitrogen and oxygen atoms in total. The van der Waals surface area contributed by atoms with Gasteiger partial charge in [0.1, 0.15) is 10.7 Å². The molecule has 0 saturated heterocycles. The first-order chi connectivity index (χ1) is 11.5. The number of aromatic nitrogens is 1. The second-order valence-corrected chi connectivity index (χ2v) is 8.23. The topological polar surface area (TPSA) is 42.0 Å². The van der Waals surface area contributed by atoms with Crippen molar-refractivity contribution in [3.8, 4) is 10.6 Å². The van der Waals surface area contributed by atoms with Crippen molar-refractivity contribution in [3.05, 3.63) is 41.4 Å². The smallest absolute Gasteiger partial charge is 0.271 e. The molecule has 1 unspecified atom stereocenters. The van der Waals surface area contributed by atoms with Crippen molar-refractivity contribution in [2.24, 2.45) is 11.3 Å². The van der Waals surface area contributed by atoms with Crippen molar-refractivity contribution in [2.75, 3.05) is 0 Å². The van der Waals surface area contributed by atoms with Crippen LogP contribution in [-0.2, 0) is 0 Å². The number of nitrogens with one attached hydrogen (secondary N) is 1. The lowest BCUT2D eigenvalue weighted by Gasteiger charge is -2.41. The summed E-state index contributed by atoms with van der Waals surface area (Å²) in [6, 6.07) is 10.3. The van der Waals surface area contributed by atoms with Crippen molar-refractivity contribution in [3.63, 3.8) is 0 Å². The molecule has 3 rings (SSSR count). The third-order valence-corrected chi connectivity index (χ3v) is 6.42. The number of rotatable bonds is 4. The molecule has 0 bridgehead atoms. The maximum absolute atomic E-state index is 12.6. The van der Waals surface area contributed by atoms with Gasteiger partial charge in [0.15, 0.2) is 0 Å². The van der Waals surface area contributed by atoms with E-state index in [1.165, 1.54) is 30.6 Å².